The van der Waals surface area contributed by atoms with Gasteiger partial charge in [-0.15, -0.1) is 0 Å². The Kier molecular flexibility index (Phi) is 7.34. The monoisotopic (exact) mass is 346 g/mol. The van der Waals surface area contributed by atoms with Crippen LogP contribution in [0.15, 0.2) is 29.2 Å². The molecule has 1 rings (SSSR count). The van der Waals surface area contributed by atoms with Crippen molar-refractivity contribution in [2.45, 2.75) is 24.7 Å². The maximum atomic E-state index is 12.1. The van der Waals surface area contributed by atoms with Gasteiger partial charge in [0.25, 0.3) is 0 Å². The van der Waals surface area contributed by atoms with E-state index in [4.69, 9.17) is 11.6 Å². The molecule has 2 N–H and O–H groups in total. The zero-order chi connectivity index (χ0) is 16.6. The lowest BCUT2D eigenvalue weighted by molar-refractivity contribution is -0.120. The minimum atomic E-state index is -3.58. The molecule has 0 spiro atoms. The van der Waals surface area contributed by atoms with E-state index in [1.165, 1.54) is 19.1 Å². The average Bonchev–Trinajstić information content (AvgIpc) is 2.45. The summed E-state index contributed by atoms with van der Waals surface area (Å²) in [4.78, 5) is 22.3. The van der Waals surface area contributed by atoms with E-state index in [1.54, 1.807) is 12.1 Å². The third-order valence-electron chi connectivity index (χ3n) is 2.82. The topological polar surface area (TPSA) is 92.3 Å². The molecule has 0 aromatic heterocycles. The fraction of sp³-hybridized carbons (Fsp3) is 0.429. The van der Waals surface area contributed by atoms with Crippen LogP contribution in [0.4, 0.5) is 0 Å². The van der Waals surface area contributed by atoms with E-state index in [0.29, 0.717) is 19.5 Å². The molecule has 0 heterocycles. The lowest BCUT2D eigenvalue weighted by Crippen LogP contribution is -2.29. The smallest absolute Gasteiger partial charge is 0.221 e. The normalized spacial score (nSPS) is 11.0. The second kappa shape index (κ2) is 8.75. The van der Waals surface area contributed by atoms with Gasteiger partial charge in [-0.2, -0.15) is 0 Å². The molecule has 22 heavy (non-hydrogen) atoms. The van der Waals surface area contributed by atoms with Crippen molar-refractivity contribution in [3.05, 3.63) is 29.3 Å². The van der Waals surface area contributed by atoms with Crippen molar-refractivity contribution in [3.8, 4) is 0 Å². The maximum absolute atomic E-state index is 12.1. The number of rotatable bonds is 8. The van der Waals surface area contributed by atoms with E-state index in [2.05, 4.69) is 10.6 Å². The van der Waals surface area contributed by atoms with Crippen LogP contribution in [-0.2, 0) is 19.4 Å². The summed E-state index contributed by atoms with van der Waals surface area (Å²) in [6.45, 7) is 2.26. The molecule has 1 aromatic carbocycles. The molecule has 0 saturated heterocycles. The molecule has 0 aliphatic carbocycles. The van der Waals surface area contributed by atoms with Crippen molar-refractivity contribution in [2.24, 2.45) is 0 Å². The van der Waals surface area contributed by atoms with Crippen molar-refractivity contribution in [2.75, 3.05) is 18.8 Å². The van der Waals surface area contributed by atoms with Crippen LogP contribution in [-0.4, -0.2) is 39.1 Å². The first kappa shape index (κ1) is 18.4. The van der Waals surface area contributed by atoms with Crippen LogP contribution in [0.3, 0.4) is 0 Å². The van der Waals surface area contributed by atoms with Gasteiger partial charge in [0.05, 0.1) is 15.7 Å². The Labute approximate surface area is 135 Å². The van der Waals surface area contributed by atoms with Crippen molar-refractivity contribution in [3.63, 3.8) is 0 Å². The SMILES string of the molecule is CC(=O)NCCCNC(=O)CCS(=O)(=O)c1ccccc1Cl. The summed E-state index contributed by atoms with van der Waals surface area (Å²) in [5.41, 5.74) is 0. The van der Waals surface area contributed by atoms with Gasteiger partial charge in [0, 0.05) is 26.4 Å². The largest absolute Gasteiger partial charge is 0.356 e. The van der Waals surface area contributed by atoms with Gasteiger partial charge in [0.2, 0.25) is 11.8 Å². The van der Waals surface area contributed by atoms with Gasteiger partial charge in [-0.25, -0.2) is 8.42 Å². The molecule has 0 aliphatic heterocycles. The van der Waals surface area contributed by atoms with Crippen LogP contribution in [0.2, 0.25) is 5.02 Å². The number of carbonyl (C=O) groups excluding carboxylic acids is 2. The Morgan fingerprint density at radius 2 is 1.77 bits per heavy atom. The van der Waals surface area contributed by atoms with Crippen molar-refractivity contribution >= 4 is 33.3 Å². The summed E-state index contributed by atoms with van der Waals surface area (Å²) in [7, 11) is -3.58. The predicted octanol–water partition coefficient (Wildman–Crippen LogP) is 1.15. The van der Waals surface area contributed by atoms with Crippen molar-refractivity contribution < 1.29 is 18.0 Å². The lowest BCUT2D eigenvalue weighted by atomic mass is 10.4. The standard InChI is InChI=1S/C14H19ClN2O4S/c1-11(18)16-8-4-9-17-14(19)7-10-22(20,21)13-6-3-2-5-12(13)15/h2-3,5-6H,4,7-10H2,1H3,(H,16,18)(H,17,19). The Morgan fingerprint density at radius 3 is 2.41 bits per heavy atom. The number of benzene rings is 1. The molecule has 0 bridgehead atoms. The van der Waals surface area contributed by atoms with Crippen LogP contribution in [0.25, 0.3) is 0 Å². The first-order valence-electron chi connectivity index (χ1n) is 6.81. The molecular formula is C14H19ClN2O4S. The highest BCUT2D eigenvalue weighted by atomic mass is 35.5. The maximum Gasteiger partial charge on any atom is 0.221 e. The number of hydrogen-bond donors (Lipinski definition) is 2. The van der Waals surface area contributed by atoms with Crippen molar-refractivity contribution in [1.82, 2.24) is 10.6 Å². The number of halogens is 1. The highest BCUT2D eigenvalue weighted by Gasteiger charge is 2.18. The summed E-state index contributed by atoms with van der Waals surface area (Å²) in [5, 5.41) is 5.36. The van der Waals surface area contributed by atoms with Crippen LogP contribution in [0.5, 0.6) is 0 Å². The van der Waals surface area contributed by atoms with Gasteiger partial charge in [-0.05, 0) is 18.6 Å². The Balaban J connectivity index is 2.37. The first-order valence-corrected chi connectivity index (χ1v) is 8.84. The van der Waals surface area contributed by atoms with Crippen LogP contribution in [0, 0.1) is 0 Å². The van der Waals surface area contributed by atoms with Gasteiger partial charge in [-0.3, -0.25) is 9.59 Å². The highest BCUT2D eigenvalue weighted by molar-refractivity contribution is 7.91. The van der Waals surface area contributed by atoms with Crippen LogP contribution < -0.4 is 10.6 Å². The second-order valence-electron chi connectivity index (χ2n) is 4.69. The minimum absolute atomic E-state index is 0.0372. The number of hydrogen-bond acceptors (Lipinski definition) is 4. The molecule has 122 valence electrons. The van der Waals surface area contributed by atoms with E-state index in [-0.39, 0.29) is 33.9 Å². The molecule has 0 saturated carbocycles. The van der Waals surface area contributed by atoms with E-state index in [9.17, 15) is 18.0 Å². The third kappa shape index (κ3) is 6.44. The van der Waals surface area contributed by atoms with Crippen molar-refractivity contribution in [1.29, 1.82) is 0 Å². The Morgan fingerprint density at radius 1 is 1.14 bits per heavy atom. The second-order valence-corrected chi connectivity index (χ2v) is 7.17. The quantitative estimate of drug-likeness (QED) is 0.690. The Bertz CT molecular complexity index is 631. The summed E-state index contributed by atoms with van der Waals surface area (Å²) in [6.07, 6.45) is 0.455. The van der Waals surface area contributed by atoms with Gasteiger partial charge in [-0.1, -0.05) is 23.7 Å². The number of amides is 2. The average molecular weight is 347 g/mol. The third-order valence-corrected chi connectivity index (χ3v) is 5.03. The van der Waals surface area contributed by atoms with Gasteiger partial charge in [0.15, 0.2) is 9.84 Å². The fourth-order valence-corrected chi connectivity index (χ4v) is 3.52. The lowest BCUT2D eigenvalue weighted by Gasteiger charge is -2.07. The minimum Gasteiger partial charge on any atom is -0.356 e. The summed E-state index contributed by atoms with van der Waals surface area (Å²) in [5.74, 6) is -0.774. The van der Waals surface area contributed by atoms with E-state index in [0.717, 1.165) is 0 Å². The number of carbonyl (C=O) groups is 2. The molecule has 0 radical (unpaired) electrons. The summed E-state index contributed by atoms with van der Waals surface area (Å²) < 4.78 is 24.2. The molecule has 8 heteroatoms. The van der Waals surface area contributed by atoms with E-state index >= 15 is 0 Å². The molecule has 1 aromatic rings. The zero-order valence-corrected chi connectivity index (χ0v) is 13.8. The molecule has 0 unspecified atom stereocenters. The zero-order valence-electron chi connectivity index (χ0n) is 12.3. The first-order chi connectivity index (χ1) is 10.3. The summed E-state index contributed by atoms with van der Waals surface area (Å²) >= 11 is 5.85. The fourth-order valence-electron chi connectivity index (χ4n) is 1.70. The summed E-state index contributed by atoms with van der Waals surface area (Å²) in [6, 6.07) is 6.14. The Hall–Kier alpha value is -1.60. The highest BCUT2D eigenvalue weighted by Crippen LogP contribution is 2.22. The molecule has 0 atom stereocenters. The van der Waals surface area contributed by atoms with Gasteiger partial charge >= 0.3 is 0 Å². The molecule has 0 fully saturated rings. The number of sulfone groups is 1. The van der Waals surface area contributed by atoms with Crippen LogP contribution in [0.1, 0.15) is 19.8 Å². The molecular weight excluding hydrogens is 328 g/mol. The molecule has 6 nitrogen and oxygen atoms in total. The van der Waals surface area contributed by atoms with Gasteiger partial charge < -0.3 is 10.6 Å². The van der Waals surface area contributed by atoms with Gasteiger partial charge in [0.1, 0.15) is 0 Å². The molecule has 2 amide bonds. The molecule has 0 aliphatic rings. The van der Waals surface area contributed by atoms with E-state index in [1.807, 2.05) is 0 Å². The number of nitrogens with one attached hydrogen (secondary N) is 2. The predicted molar refractivity (Wildman–Crippen MR) is 84.4 cm³/mol. The van der Waals surface area contributed by atoms with Crippen LogP contribution >= 0.6 is 11.6 Å². The van der Waals surface area contributed by atoms with E-state index < -0.39 is 9.84 Å².